The van der Waals surface area contributed by atoms with Gasteiger partial charge in [-0.2, -0.15) is 0 Å². The van der Waals surface area contributed by atoms with E-state index in [4.69, 9.17) is 26.8 Å². The Kier molecular flexibility index (Phi) is 6.65. The maximum absolute atomic E-state index is 5.98. The van der Waals surface area contributed by atoms with Crippen LogP contribution in [0.3, 0.4) is 0 Å². The molecule has 0 aliphatic heterocycles. The minimum absolute atomic E-state index is 0.0949. The zero-order valence-electron chi connectivity index (χ0n) is 11.2. The van der Waals surface area contributed by atoms with Gasteiger partial charge in [0, 0.05) is 11.1 Å². The van der Waals surface area contributed by atoms with E-state index in [0.29, 0.717) is 18.2 Å². The third-order valence-electron chi connectivity index (χ3n) is 2.49. The van der Waals surface area contributed by atoms with Gasteiger partial charge in [0.2, 0.25) is 0 Å². The van der Waals surface area contributed by atoms with Crippen LogP contribution in [0, 0.1) is 0 Å². The highest BCUT2D eigenvalue weighted by Crippen LogP contribution is 2.23. The molecule has 0 saturated carbocycles. The number of halogens is 1. The summed E-state index contributed by atoms with van der Waals surface area (Å²) < 4.78 is 11.2. The normalized spacial score (nSPS) is 14.8. The van der Waals surface area contributed by atoms with Gasteiger partial charge in [-0.3, -0.25) is 0 Å². The molecule has 2 atom stereocenters. The second-order valence-electron chi connectivity index (χ2n) is 4.63. The fraction of sp³-hybridized carbons (Fsp3) is 0.571. The molecule has 0 amide bonds. The Balaban J connectivity index is 2.55. The molecule has 0 aromatic heterocycles. The highest BCUT2D eigenvalue weighted by Gasteiger charge is 2.17. The van der Waals surface area contributed by atoms with Crippen molar-refractivity contribution in [3.63, 3.8) is 0 Å². The van der Waals surface area contributed by atoms with Crippen molar-refractivity contribution in [2.24, 2.45) is 5.73 Å². The average Bonchev–Trinajstić information content (AvgIpc) is 2.27. The molecule has 102 valence electrons. The van der Waals surface area contributed by atoms with Gasteiger partial charge in [0.1, 0.15) is 0 Å². The Bertz CT molecular complexity index is 355. The molecule has 0 spiro atoms. The summed E-state index contributed by atoms with van der Waals surface area (Å²) in [5, 5.41) is 0.695. The first kappa shape index (κ1) is 15.4. The summed E-state index contributed by atoms with van der Waals surface area (Å²) in [4.78, 5) is 0. The smallest absolute Gasteiger partial charge is 0.0974 e. The van der Waals surface area contributed by atoms with Crippen molar-refractivity contribution >= 4 is 11.6 Å². The van der Waals surface area contributed by atoms with E-state index < -0.39 is 0 Å². The van der Waals surface area contributed by atoms with Crippen LogP contribution in [0.4, 0.5) is 0 Å². The lowest BCUT2D eigenvalue weighted by atomic mass is 10.0. The second-order valence-corrected chi connectivity index (χ2v) is 5.06. The zero-order valence-corrected chi connectivity index (χ0v) is 12.0. The number of ether oxygens (including phenoxy) is 2. The molecule has 0 aliphatic rings. The summed E-state index contributed by atoms with van der Waals surface area (Å²) in [7, 11) is 0. The maximum atomic E-state index is 5.98. The van der Waals surface area contributed by atoms with Gasteiger partial charge in [-0.05, 0) is 38.5 Å². The van der Waals surface area contributed by atoms with Gasteiger partial charge in [-0.1, -0.05) is 23.7 Å². The van der Waals surface area contributed by atoms with Crippen molar-refractivity contribution in [1.82, 2.24) is 0 Å². The van der Waals surface area contributed by atoms with E-state index in [1.54, 1.807) is 0 Å². The topological polar surface area (TPSA) is 44.5 Å². The fourth-order valence-corrected chi connectivity index (χ4v) is 1.89. The first-order valence-corrected chi connectivity index (χ1v) is 6.62. The average molecular weight is 272 g/mol. The lowest BCUT2D eigenvalue weighted by Crippen LogP contribution is -2.28. The van der Waals surface area contributed by atoms with Crippen molar-refractivity contribution < 1.29 is 9.47 Å². The monoisotopic (exact) mass is 271 g/mol. The lowest BCUT2D eigenvalue weighted by Gasteiger charge is -2.22. The van der Waals surface area contributed by atoms with Gasteiger partial charge in [0.05, 0.1) is 25.4 Å². The molecule has 0 fully saturated rings. The molecule has 0 radical (unpaired) electrons. The summed E-state index contributed by atoms with van der Waals surface area (Å²) in [6, 6.07) is 7.51. The molecule has 1 aromatic carbocycles. The minimum atomic E-state index is -0.153. The van der Waals surface area contributed by atoms with E-state index in [0.717, 1.165) is 5.56 Å². The molecule has 4 heteroatoms. The van der Waals surface area contributed by atoms with E-state index in [9.17, 15) is 0 Å². The number of hydrogen-bond donors (Lipinski definition) is 1. The van der Waals surface area contributed by atoms with Crippen LogP contribution in [0.25, 0.3) is 0 Å². The molecule has 3 nitrogen and oxygen atoms in total. The van der Waals surface area contributed by atoms with Crippen molar-refractivity contribution in [1.29, 1.82) is 0 Å². The zero-order chi connectivity index (χ0) is 13.5. The van der Waals surface area contributed by atoms with Gasteiger partial charge in [0.15, 0.2) is 0 Å². The molecular formula is C14H22ClNO2. The van der Waals surface area contributed by atoms with Crippen molar-refractivity contribution in [2.45, 2.75) is 39.0 Å². The van der Waals surface area contributed by atoms with Crippen molar-refractivity contribution in [2.75, 3.05) is 13.2 Å². The highest BCUT2D eigenvalue weighted by atomic mass is 35.5. The summed E-state index contributed by atoms with van der Waals surface area (Å²) >= 11 is 5.98. The standard InChI is InChI=1S/C14H22ClNO2/c1-10(2)17-7-8-18-14(11(3)16)12-5-4-6-13(15)9-12/h4-6,9-11,14H,7-8,16H2,1-3H3. The Morgan fingerprint density at radius 2 is 1.83 bits per heavy atom. The predicted octanol–water partition coefficient (Wildman–Crippen LogP) is 3.17. The third kappa shape index (κ3) is 5.36. The quantitative estimate of drug-likeness (QED) is 0.775. The van der Waals surface area contributed by atoms with E-state index in [1.165, 1.54) is 0 Å². The first-order chi connectivity index (χ1) is 8.50. The van der Waals surface area contributed by atoms with Crippen LogP contribution in [0.5, 0.6) is 0 Å². The van der Waals surface area contributed by atoms with Crippen LogP contribution in [0.1, 0.15) is 32.4 Å². The third-order valence-corrected chi connectivity index (χ3v) is 2.72. The molecule has 2 N–H and O–H groups in total. The molecule has 0 heterocycles. The summed E-state index contributed by atoms with van der Waals surface area (Å²) in [5.41, 5.74) is 6.95. The largest absolute Gasteiger partial charge is 0.376 e. The first-order valence-electron chi connectivity index (χ1n) is 6.25. The fourth-order valence-electron chi connectivity index (χ4n) is 1.69. The van der Waals surface area contributed by atoms with Crippen LogP contribution in [-0.2, 0) is 9.47 Å². The van der Waals surface area contributed by atoms with E-state index >= 15 is 0 Å². The summed E-state index contributed by atoms with van der Waals surface area (Å²) in [6.45, 7) is 7.02. The Morgan fingerprint density at radius 3 is 2.39 bits per heavy atom. The van der Waals surface area contributed by atoms with E-state index in [-0.39, 0.29) is 18.2 Å². The number of nitrogens with two attached hydrogens (primary N) is 1. The molecule has 1 aromatic rings. The molecule has 0 aliphatic carbocycles. The van der Waals surface area contributed by atoms with Crippen LogP contribution >= 0.6 is 11.6 Å². The summed E-state index contributed by atoms with van der Waals surface area (Å²) in [6.07, 6.45) is 0.0629. The van der Waals surface area contributed by atoms with E-state index in [1.807, 2.05) is 45.0 Å². The van der Waals surface area contributed by atoms with Crippen LogP contribution in [0.2, 0.25) is 5.02 Å². The van der Waals surface area contributed by atoms with Crippen molar-refractivity contribution in [3.8, 4) is 0 Å². The molecule has 2 unspecified atom stereocenters. The summed E-state index contributed by atoms with van der Waals surface area (Å²) in [5.74, 6) is 0. The van der Waals surface area contributed by atoms with Crippen LogP contribution < -0.4 is 5.73 Å². The second kappa shape index (κ2) is 7.74. The van der Waals surface area contributed by atoms with Gasteiger partial charge < -0.3 is 15.2 Å². The molecule has 0 bridgehead atoms. The number of hydrogen-bond acceptors (Lipinski definition) is 3. The van der Waals surface area contributed by atoms with Crippen LogP contribution in [0.15, 0.2) is 24.3 Å². The Hall–Kier alpha value is -0.610. The van der Waals surface area contributed by atoms with E-state index in [2.05, 4.69) is 0 Å². The SMILES string of the molecule is CC(C)OCCOC(c1cccc(Cl)c1)C(C)N. The molecule has 0 saturated heterocycles. The van der Waals surface area contributed by atoms with Gasteiger partial charge in [0.25, 0.3) is 0 Å². The molecule has 18 heavy (non-hydrogen) atoms. The number of rotatable bonds is 7. The lowest BCUT2D eigenvalue weighted by molar-refractivity contribution is -0.0201. The number of benzene rings is 1. The van der Waals surface area contributed by atoms with Crippen LogP contribution in [-0.4, -0.2) is 25.4 Å². The van der Waals surface area contributed by atoms with Crippen molar-refractivity contribution in [3.05, 3.63) is 34.9 Å². The Labute approximate surface area is 114 Å². The minimum Gasteiger partial charge on any atom is -0.376 e. The predicted molar refractivity (Wildman–Crippen MR) is 74.9 cm³/mol. The van der Waals surface area contributed by atoms with Gasteiger partial charge in [-0.25, -0.2) is 0 Å². The molecular weight excluding hydrogens is 250 g/mol. The van der Waals surface area contributed by atoms with Gasteiger partial charge >= 0.3 is 0 Å². The maximum Gasteiger partial charge on any atom is 0.0974 e. The highest BCUT2D eigenvalue weighted by molar-refractivity contribution is 6.30. The Morgan fingerprint density at radius 1 is 1.17 bits per heavy atom. The van der Waals surface area contributed by atoms with Gasteiger partial charge in [-0.15, -0.1) is 0 Å². The molecule has 1 rings (SSSR count).